The molecule has 0 aromatic heterocycles. The van der Waals surface area contributed by atoms with Crippen LogP contribution in [-0.4, -0.2) is 25.6 Å². The van der Waals surface area contributed by atoms with Crippen molar-refractivity contribution >= 4 is 17.5 Å². The van der Waals surface area contributed by atoms with Gasteiger partial charge in [-0.25, -0.2) is 0 Å². The maximum absolute atomic E-state index is 10.9. The molecule has 1 rings (SSSR count). The molecule has 0 saturated carbocycles. The predicted octanol–water partition coefficient (Wildman–Crippen LogP) is 1.43. The molecule has 0 atom stereocenters. The van der Waals surface area contributed by atoms with Gasteiger partial charge >= 0.3 is 0 Å². The first-order valence-electron chi connectivity index (χ1n) is 5.08. The zero-order chi connectivity index (χ0) is 12.0. The molecule has 16 heavy (non-hydrogen) atoms. The summed E-state index contributed by atoms with van der Waals surface area (Å²) in [6.45, 7) is 4.21. The number of nitrogens with two attached hydrogens (primary N) is 1. The number of halogens is 1. The molecule has 0 saturated heterocycles. The number of hydrogen-bond donors (Lipinski definition) is 2. The molecule has 0 aliphatic rings. The second-order valence-corrected chi connectivity index (χ2v) is 3.62. The highest BCUT2D eigenvalue weighted by molar-refractivity contribution is 6.32. The van der Waals surface area contributed by atoms with Crippen molar-refractivity contribution in [2.24, 2.45) is 5.73 Å². The molecule has 0 heterocycles. The Morgan fingerprint density at radius 3 is 2.88 bits per heavy atom. The van der Waals surface area contributed by atoms with E-state index >= 15 is 0 Å². The number of amides is 1. The van der Waals surface area contributed by atoms with Gasteiger partial charge in [0.25, 0.3) is 0 Å². The van der Waals surface area contributed by atoms with Crippen LogP contribution in [0.3, 0.4) is 0 Å². The van der Waals surface area contributed by atoms with Crippen LogP contribution in [0.1, 0.15) is 17.3 Å². The van der Waals surface area contributed by atoms with Gasteiger partial charge in [0, 0.05) is 12.1 Å². The summed E-state index contributed by atoms with van der Waals surface area (Å²) in [6, 6.07) is 4.75. The minimum atomic E-state index is -0.499. The Kier molecular flexibility index (Phi) is 5.08. The van der Waals surface area contributed by atoms with Gasteiger partial charge in [-0.1, -0.05) is 18.5 Å². The minimum Gasteiger partial charge on any atom is -0.491 e. The zero-order valence-electron chi connectivity index (χ0n) is 9.13. The molecule has 0 fully saturated rings. The van der Waals surface area contributed by atoms with Gasteiger partial charge in [-0.15, -0.1) is 0 Å². The maximum atomic E-state index is 10.9. The van der Waals surface area contributed by atoms with Gasteiger partial charge in [0.15, 0.2) is 0 Å². The largest absolute Gasteiger partial charge is 0.491 e. The molecule has 0 aliphatic carbocycles. The van der Waals surface area contributed by atoms with E-state index in [-0.39, 0.29) is 0 Å². The van der Waals surface area contributed by atoms with E-state index < -0.39 is 5.91 Å². The quantitative estimate of drug-likeness (QED) is 0.742. The molecule has 1 aromatic carbocycles. The van der Waals surface area contributed by atoms with E-state index in [1.807, 2.05) is 6.92 Å². The van der Waals surface area contributed by atoms with Gasteiger partial charge < -0.3 is 15.8 Å². The monoisotopic (exact) mass is 242 g/mol. The van der Waals surface area contributed by atoms with Crippen molar-refractivity contribution < 1.29 is 9.53 Å². The fourth-order valence-corrected chi connectivity index (χ4v) is 1.42. The van der Waals surface area contributed by atoms with Crippen molar-refractivity contribution in [3.63, 3.8) is 0 Å². The Hall–Kier alpha value is -1.26. The first-order chi connectivity index (χ1) is 7.65. The lowest BCUT2D eigenvalue weighted by Crippen LogP contribution is -2.20. The molecule has 0 radical (unpaired) electrons. The summed E-state index contributed by atoms with van der Waals surface area (Å²) in [5.41, 5.74) is 5.50. The summed E-state index contributed by atoms with van der Waals surface area (Å²) in [6.07, 6.45) is 0. The summed E-state index contributed by atoms with van der Waals surface area (Å²) in [5, 5.41) is 3.52. The summed E-state index contributed by atoms with van der Waals surface area (Å²) in [5.74, 6) is 0.0608. The third kappa shape index (κ3) is 3.72. The number of carbonyl (C=O) groups excluding carboxylic acids is 1. The van der Waals surface area contributed by atoms with E-state index in [1.165, 1.54) is 6.07 Å². The Labute approximate surface area is 99.7 Å². The van der Waals surface area contributed by atoms with Crippen molar-refractivity contribution in [2.45, 2.75) is 6.92 Å². The fraction of sp³-hybridized carbons (Fsp3) is 0.364. The number of hydrogen-bond acceptors (Lipinski definition) is 3. The van der Waals surface area contributed by atoms with Gasteiger partial charge in [0.2, 0.25) is 5.91 Å². The Morgan fingerprint density at radius 1 is 1.56 bits per heavy atom. The molecule has 1 aromatic rings. The second kappa shape index (κ2) is 6.35. The Bertz CT molecular complexity index is 369. The van der Waals surface area contributed by atoms with Gasteiger partial charge in [0.1, 0.15) is 12.4 Å². The maximum Gasteiger partial charge on any atom is 0.248 e. The molecular weight excluding hydrogens is 228 g/mol. The van der Waals surface area contributed by atoms with Crippen molar-refractivity contribution in [3.8, 4) is 5.75 Å². The molecule has 4 nitrogen and oxygen atoms in total. The molecule has 0 aliphatic heterocycles. The van der Waals surface area contributed by atoms with Crippen LogP contribution >= 0.6 is 11.6 Å². The fourth-order valence-electron chi connectivity index (χ4n) is 1.18. The van der Waals surface area contributed by atoms with Gasteiger partial charge in [0.05, 0.1) is 5.02 Å². The number of ether oxygens (including phenoxy) is 1. The molecule has 0 spiro atoms. The van der Waals surface area contributed by atoms with Crippen LogP contribution in [0.5, 0.6) is 5.75 Å². The highest BCUT2D eigenvalue weighted by Gasteiger charge is 2.06. The van der Waals surface area contributed by atoms with Crippen molar-refractivity contribution in [2.75, 3.05) is 19.7 Å². The summed E-state index contributed by atoms with van der Waals surface area (Å²) in [7, 11) is 0. The normalized spacial score (nSPS) is 10.1. The lowest BCUT2D eigenvalue weighted by atomic mass is 10.2. The molecule has 1 amide bonds. The number of nitrogens with one attached hydrogen (secondary N) is 1. The van der Waals surface area contributed by atoms with Crippen LogP contribution in [0.2, 0.25) is 5.02 Å². The molecule has 5 heteroatoms. The van der Waals surface area contributed by atoms with Gasteiger partial charge in [-0.2, -0.15) is 0 Å². The number of carbonyl (C=O) groups is 1. The summed E-state index contributed by atoms with van der Waals surface area (Å²) < 4.78 is 5.43. The third-order valence-electron chi connectivity index (χ3n) is 2.00. The number of primary amides is 1. The van der Waals surface area contributed by atoms with Crippen LogP contribution in [0, 0.1) is 0 Å². The molecule has 0 unspecified atom stereocenters. The van der Waals surface area contributed by atoms with E-state index in [0.29, 0.717) is 22.9 Å². The van der Waals surface area contributed by atoms with E-state index in [2.05, 4.69) is 5.32 Å². The van der Waals surface area contributed by atoms with Gasteiger partial charge in [-0.05, 0) is 24.7 Å². The highest BCUT2D eigenvalue weighted by Crippen LogP contribution is 2.25. The number of rotatable bonds is 6. The summed E-state index contributed by atoms with van der Waals surface area (Å²) in [4.78, 5) is 10.9. The first kappa shape index (κ1) is 12.8. The van der Waals surface area contributed by atoms with Crippen molar-refractivity contribution in [1.29, 1.82) is 0 Å². The van der Waals surface area contributed by atoms with Crippen LogP contribution in [-0.2, 0) is 0 Å². The van der Waals surface area contributed by atoms with Crippen molar-refractivity contribution in [3.05, 3.63) is 28.8 Å². The predicted molar refractivity (Wildman–Crippen MR) is 64.0 cm³/mol. The van der Waals surface area contributed by atoms with E-state index in [4.69, 9.17) is 22.1 Å². The molecular formula is C11H15ClN2O2. The van der Waals surface area contributed by atoms with Crippen LogP contribution in [0.15, 0.2) is 18.2 Å². The van der Waals surface area contributed by atoms with Crippen LogP contribution < -0.4 is 15.8 Å². The second-order valence-electron chi connectivity index (χ2n) is 3.21. The lowest BCUT2D eigenvalue weighted by Gasteiger charge is -2.08. The van der Waals surface area contributed by atoms with Gasteiger partial charge in [-0.3, -0.25) is 4.79 Å². The highest BCUT2D eigenvalue weighted by atomic mass is 35.5. The number of benzene rings is 1. The molecule has 0 bridgehead atoms. The first-order valence-corrected chi connectivity index (χ1v) is 5.45. The third-order valence-corrected chi connectivity index (χ3v) is 2.30. The van der Waals surface area contributed by atoms with E-state index in [0.717, 1.165) is 13.1 Å². The van der Waals surface area contributed by atoms with Crippen LogP contribution in [0.25, 0.3) is 0 Å². The average molecular weight is 243 g/mol. The minimum absolute atomic E-state index is 0.379. The van der Waals surface area contributed by atoms with E-state index in [9.17, 15) is 4.79 Å². The van der Waals surface area contributed by atoms with Crippen molar-refractivity contribution in [1.82, 2.24) is 5.32 Å². The average Bonchev–Trinajstić information content (AvgIpc) is 2.26. The Balaban J connectivity index is 2.57. The molecule has 88 valence electrons. The van der Waals surface area contributed by atoms with Crippen LogP contribution in [0.4, 0.5) is 0 Å². The van der Waals surface area contributed by atoms with E-state index in [1.54, 1.807) is 12.1 Å². The lowest BCUT2D eigenvalue weighted by molar-refractivity contribution is 0.100. The standard InChI is InChI=1S/C11H15ClN2O2/c1-2-14-5-6-16-10-4-3-8(11(13)15)7-9(10)12/h3-4,7,14H,2,5-6H2,1H3,(H2,13,15). The Morgan fingerprint density at radius 2 is 2.31 bits per heavy atom. The smallest absolute Gasteiger partial charge is 0.248 e. The zero-order valence-corrected chi connectivity index (χ0v) is 9.88. The topological polar surface area (TPSA) is 64.3 Å². The number of likely N-dealkylation sites (N-methyl/N-ethyl adjacent to an activating group) is 1. The SMILES string of the molecule is CCNCCOc1ccc(C(N)=O)cc1Cl. The molecule has 3 N–H and O–H groups in total. The summed E-state index contributed by atoms with van der Waals surface area (Å²) >= 11 is 5.93.